The molecule has 1 atom stereocenters. The fourth-order valence-corrected chi connectivity index (χ4v) is 1.88. The molecule has 1 aliphatic heterocycles. The van der Waals surface area contributed by atoms with Gasteiger partial charge in [0.25, 0.3) is 0 Å². The van der Waals surface area contributed by atoms with Gasteiger partial charge >= 0.3 is 0 Å². The fraction of sp³-hybridized carbons (Fsp3) is 0.455. The number of nitrogens with zero attached hydrogens (tertiary/aromatic N) is 3. The summed E-state index contributed by atoms with van der Waals surface area (Å²) in [6.45, 7) is 2.76. The van der Waals surface area contributed by atoms with E-state index in [9.17, 15) is 0 Å². The van der Waals surface area contributed by atoms with Crippen LogP contribution in [0.2, 0.25) is 5.15 Å². The quantitative estimate of drug-likeness (QED) is 0.731. The highest BCUT2D eigenvalue weighted by molar-refractivity contribution is 6.30. The van der Waals surface area contributed by atoms with E-state index in [4.69, 9.17) is 21.6 Å². The normalized spacial score (nSPS) is 21.6. The van der Waals surface area contributed by atoms with Crippen LogP contribution in [0.3, 0.4) is 0 Å². The van der Waals surface area contributed by atoms with Crippen LogP contribution in [0.4, 0.5) is 0 Å². The summed E-state index contributed by atoms with van der Waals surface area (Å²) in [7, 11) is 0. The van der Waals surface area contributed by atoms with Crippen LogP contribution in [0.1, 0.15) is 5.56 Å². The van der Waals surface area contributed by atoms with Gasteiger partial charge in [0, 0.05) is 31.4 Å². The SMILES string of the molecule is N#CC1CN(Cc2cccnc2Cl)CCO1. The van der Waals surface area contributed by atoms with Gasteiger partial charge in [-0.25, -0.2) is 4.98 Å². The van der Waals surface area contributed by atoms with Gasteiger partial charge in [-0.1, -0.05) is 17.7 Å². The molecule has 0 bridgehead atoms. The Balaban J connectivity index is 2.00. The van der Waals surface area contributed by atoms with E-state index in [1.54, 1.807) is 6.20 Å². The third-order valence-electron chi connectivity index (χ3n) is 2.52. The van der Waals surface area contributed by atoms with E-state index in [1.807, 2.05) is 12.1 Å². The summed E-state index contributed by atoms with van der Waals surface area (Å²) < 4.78 is 5.27. The maximum Gasteiger partial charge on any atom is 0.156 e. The minimum Gasteiger partial charge on any atom is -0.361 e. The predicted molar refractivity (Wildman–Crippen MR) is 59.9 cm³/mol. The van der Waals surface area contributed by atoms with Crippen molar-refractivity contribution in [3.8, 4) is 6.07 Å². The molecule has 84 valence electrons. The number of nitriles is 1. The number of halogens is 1. The molecule has 2 heterocycles. The molecule has 0 aromatic carbocycles. The van der Waals surface area contributed by atoms with Crippen LogP contribution in [0.15, 0.2) is 18.3 Å². The van der Waals surface area contributed by atoms with Gasteiger partial charge in [0.1, 0.15) is 5.15 Å². The molecule has 1 aliphatic rings. The second-order valence-corrected chi connectivity index (χ2v) is 4.03. The van der Waals surface area contributed by atoms with Crippen molar-refractivity contribution in [1.82, 2.24) is 9.88 Å². The molecule has 0 amide bonds. The topological polar surface area (TPSA) is 49.2 Å². The molecule has 0 spiro atoms. The summed E-state index contributed by atoms with van der Waals surface area (Å²) in [5.41, 5.74) is 0.989. The first-order valence-corrected chi connectivity index (χ1v) is 5.50. The highest BCUT2D eigenvalue weighted by atomic mass is 35.5. The molecule has 0 radical (unpaired) electrons. The largest absolute Gasteiger partial charge is 0.361 e. The molecule has 2 rings (SSSR count). The number of morpholine rings is 1. The molecule has 1 fully saturated rings. The zero-order valence-corrected chi connectivity index (χ0v) is 9.52. The summed E-state index contributed by atoms with van der Waals surface area (Å²) in [5.74, 6) is 0. The first kappa shape index (κ1) is 11.3. The van der Waals surface area contributed by atoms with E-state index in [1.165, 1.54) is 0 Å². The number of hydrogen-bond donors (Lipinski definition) is 0. The first-order valence-electron chi connectivity index (χ1n) is 5.12. The average molecular weight is 238 g/mol. The van der Waals surface area contributed by atoms with Gasteiger partial charge in [0.05, 0.1) is 12.7 Å². The number of hydrogen-bond acceptors (Lipinski definition) is 4. The van der Waals surface area contributed by atoms with Gasteiger partial charge in [0.15, 0.2) is 6.10 Å². The van der Waals surface area contributed by atoms with Crippen LogP contribution < -0.4 is 0 Å². The van der Waals surface area contributed by atoms with Crippen molar-refractivity contribution in [2.45, 2.75) is 12.6 Å². The Hall–Kier alpha value is -1.15. The molecular weight excluding hydrogens is 226 g/mol. The highest BCUT2D eigenvalue weighted by Gasteiger charge is 2.20. The average Bonchev–Trinajstić information content (AvgIpc) is 2.32. The van der Waals surface area contributed by atoms with E-state index in [0.717, 1.165) is 12.1 Å². The molecule has 1 saturated heterocycles. The lowest BCUT2D eigenvalue weighted by Crippen LogP contribution is -2.41. The number of ether oxygens (including phenoxy) is 1. The van der Waals surface area contributed by atoms with Crippen LogP contribution in [0.5, 0.6) is 0 Å². The number of aromatic nitrogens is 1. The monoisotopic (exact) mass is 237 g/mol. The maximum atomic E-state index is 8.79. The Morgan fingerprint density at radius 3 is 3.31 bits per heavy atom. The van der Waals surface area contributed by atoms with E-state index in [-0.39, 0.29) is 6.10 Å². The van der Waals surface area contributed by atoms with Crippen molar-refractivity contribution >= 4 is 11.6 Å². The van der Waals surface area contributed by atoms with Gasteiger partial charge < -0.3 is 4.74 Å². The smallest absolute Gasteiger partial charge is 0.156 e. The fourth-order valence-electron chi connectivity index (χ4n) is 1.70. The lowest BCUT2D eigenvalue weighted by Gasteiger charge is -2.29. The van der Waals surface area contributed by atoms with Crippen molar-refractivity contribution in [1.29, 1.82) is 5.26 Å². The second-order valence-electron chi connectivity index (χ2n) is 3.68. The lowest BCUT2D eigenvalue weighted by molar-refractivity contribution is -0.00271. The molecule has 1 unspecified atom stereocenters. The molecule has 16 heavy (non-hydrogen) atoms. The van der Waals surface area contributed by atoms with Gasteiger partial charge in [-0.3, -0.25) is 4.90 Å². The Kier molecular flexibility index (Phi) is 3.73. The zero-order chi connectivity index (χ0) is 11.4. The van der Waals surface area contributed by atoms with E-state index < -0.39 is 0 Å². The third kappa shape index (κ3) is 2.70. The Bertz CT molecular complexity index is 404. The van der Waals surface area contributed by atoms with Crippen molar-refractivity contribution < 1.29 is 4.74 Å². The van der Waals surface area contributed by atoms with Gasteiger partial charge in [-0.2, -0.15) is 5.26 Å². The van der Waals surface area contributed by atoms with Crippen molar-refractivity contribution in [2.24, 2.45) is 0 Å². The highest BCUT2D eigenvalue weighted by Crippen LogP contribution is 2.15. The Labute approximate surface area is 99.4 Å². The third-order valence-corrected chi connectivity index (χ3v) is 2.87. The Morgan fingerprint density at radius 1 is 1.69 bits per heavy atom. The minimum atomic E-state index is -0.329. The van der Waals surface area contributed by atoms with Crippen LogP contribution >= 0.6 is 11.6 Å². The molecule has 0 saturated carbocycles. The molecule has 4 nitrogen and oxygen atoms in total. The number of rotatable bonds is 2. The molecule has 1 aromatic rings. The predicted octanol–water partition coefficient (Wildman–Crippen LogP) is 1.46. The summed E-state index contributed by atoms with van der Waals surface area (Å²) in [6.07, 6.45) is 1.34. The van der Waals surface area contributed by atoms with E-state index >= 15 is 0 Å². The van der Waals surface area contributed by atoms with Crippen LogP contribution in [-0.2, 0) is 11.3 Å². The summed E-state index contributed by atoms with van der Waals surface area (Å²) >= 11 is 5.98. The van der Waals surface area contributed by atoms with Crippen molar-refractivity contribution in [3.05, 3.63) is 29.0 Å². The van der Waals surface area contributed by atoms with E-state index in [0.29, 0.717) is 24.8 Å². The number of pyridine rings is 1. The van der Waals surface area contributed by atoms with Crippen molar-refractivity contribution in [3.63, 3.8) is 0 Å². The van der Waals surface area contributed by atoms with Gasteiger partial charge in [-0.15, -0.1) is 0 Å². The molecule has 5 heteroatoms. The van der Waals surface area contributed by atoms with Gasteiger partial charge in [-0.05, 0) is 6.07 Å². The van der Waals surface area contributed by atoms with Crippen LogP contribution in [0, 0.1) is 11.3 Å². The molecule has 0 aliphatic carbocycles. The summed E-state index contributed by atoms with van der Waals surface area (Å²) in [5, 5.41) is 9.32. The van der Waals surface area contributed by atoms with Crippen LogP contribution in [0.25, 0.3) is 0 Å². The van der Waals surface area contributed by atoms with Gasteiger partial charge in [0.2, 0.25) is 0 Å². The van der Waals surface area contributed by atoms with Crippen molar-refractivity contribution in [2.75, 3.05) is 19.7 Å². The summed E-state index contributed by atoms with van der Waals surface area (Å²) in [6, 6.07) is 5.94. The molecule has 1 aromatic heterocycles. The Morgan fingerprint density at radius 2 is 2.56 bits per heavy atom. The van der Waals surface area contributed by atoms with Crippen LogP contribution in [-0.4, -0.2) is 35.7 Å². The second kappa shape index (κ2) is 5.26. The lowest BCUT2D eigenvalue weighted by atomic mass is 10.2. The molecular formula is C11H12ClN3O. The zero-order valence-electron chi connectivity index (χ0n) is 8.77. The van der Waals surface area contributed by atoms with E-state index in [2.05, 4.69) is 16.0 Å². The standard InChI is InChI=1S/C11H12ClN3O/c12-11-9(2-1-3-14-11)7-15-4-5-16-10(6-13)8-15/h1-3,10H,4-5,7-8H2. The first-order chi connectivity index (χ1) is 7.79. The maximum absolute atomic E-state index is 8.79. The minimum absolute atomic E-state index is 0.329. The molecule has 0 N–H and O–H groups in total. The summed E-state index contributed by atoms with van der Waals surface area (Å²) in [4.78, 5) is 6.18.